The molecule has 2 nitrogen and oxygen atoms in total. The molecule has 0 aromatic heterocycles. The van der Waals surface area contributed by atoms with E-state index in [9.17, 15) is 9.90 Å². The molecule has 1 atom stereocenters. The van der Waals surface area contributed by atoms with Crippen LogP contribution in [0.4, 0.5) is 0 Å². The van der Waals surface area contributed by atoms with Gasteiger partial charge < -0.3 is 5.11 Å². The molecule has 156 valence electrons. The van der Waals surface area contributed by atoms with E-state index in [-0.39, 0.29) is 17.2 Å². The summed E-state index contributed by atoms with van der Waals surface area (Å²) in [7, 11) is -1.86. The number of hydrogen-bond donors (Lipinski definition) is 0. The lowest BCUT2D eigenvalue weighted by molar-refractivity contribution is -0.303. The highest BCUT2D eigenvalue weighted by atomic mass is 31.2. The minimum atomic E-state index is -1.86. The van der Waals surface area contributed by atoms with Crippen LogP contribution in [0.25, 0.3) is 0 Å². The van der Waals surface area contributed by atoms with Crippen LogP contribution in [0.5, 0.6) is 0 Å². The molecule has 0 aliphatic heterocycles. The second-order valence-electron chi connectivity index (χ2n) is 7.86. The number of Topliss-reactive ketones (excluding diaryl/α,β-unsaturated/α-hetero) is 1. The number of ketones is 1. The van der Waals surface area contributed by atoms with Crippen LogP contribution in [0.3, 0.4) is 0 Å². The Hall–Kier alpha value is -1.92. The molecule has 0 N–H and O–H groups in total. The molecule has 0 radical (unpaired) electrons. The summed E-state index contributed by atoms with van der Waals surface area (Å²) >= 11 is 0. The molecule has 0 aliphatic rings. The average molecular weight is 411 g/mol. The second-order valence-corrected chi connectivity index (χ2v) is 11.9. The number of hydrogen-bond acceptors (Lipinski definition) is 2. The Morgan fingerprint density at radius 3 is 1.76 bits per heavy atom. The highest BCUT2D eigenvalue weighted by Crippen LogP contribution is 2.72. The van der Waals surface area contributed by atoms with Crippen molar-refractivity contribution in [2.24, 2.45) is 0 Å². The number of carbonyl (C=O) groups excluding carboxylic acids is 1. The molecule has 2 rings (SSSR count). The number of rotatable bonds is 11. The molecule has 0 fully saturated rings. The Morgan fingerprint density at radius 2 is 1.34 bits per heavy atom. The Morgan fingerprint density at radius 1 is 0.862 bits per heavy atom. The lowest BCUT2D eigenvalue weighted by Gasteiger charge is -2.38. The van der Waals surface area contributed by atoms with Gasteiger partial charge in [-0.25, -0.2) is 0 Å². The van der Waals surface area contributed by atoms with Crippen LogP contribution in [0.2, 0.25) is 0 Å². The van der Waals surface area contributed by atoms with Crippen LogP contribution in [-0.4, -0.2) is 18.1 Å². The van der Waals surface area contributed by atoms with Gasteiger partial charge in [-0.1, -0.05) is 82.1 Å². The van der Waals surface area contributed by atoms with E-state index in [1.54, 1.807) is 13.8 Å². The van der Waals surface area contributed by atoms with Gasteiger partial charge in [0.05, 0.1) is 24.9 Å². The zero-order chi connectivity index (χ0) is 21.3. The molecular formula is C26H35O2P. The molecule has 29 heavy (non-hydrogen) atoms. The first-order valence-electron chi connectivity index (χ1n) is 10.8. The third-order valence-electron chi connectivity index (χ3n) is 5.73. The molecule has 0 aliphatic carbocycles. The summed E-state index contributed by atoms with van der Waals surface area (Å²) in [5, 5.41) is 14.1. The predicted octanol–water partition coefficient (Wildman–Crippen LogP) is 5.89. The number of allylic oxidation sites excluding steroid dienone is 2. The van der Waals surface area contributed by atoms with Gasteiger partial charge in [0.2, 0.25) is 0 Å². The quantitative estimate of drug-likeness (QED) is 0.263. The monoisotopic (exact) mass is 410 g/mol. The Bertz CT molecular complexity index is 784. The van der Waals surface area contributed by atoms with E-state index in [1.807, 2.05) is 18.2 Å². The zero-order valence-electron chi connectivity index (χ0n) is 18.4. The Kier molecular flexibility index (Phi) is 9.11. The van der Waals surface area contributed by atoms with Gasteiger partial charge in [0.25, 0.3) is 0 Å². The van der Waals surface area contributed by atoms with Crippen molar-refractivity contribution in [3.63, 3.8) is 0 Å². The van der Waals surface area contributed by atoms with Gasteiger partial charge in [-0.15, -0.1) is 5.76 Å². The minimum absolute atomic E-state index is 0.0837. The van der Waals surface area contributed by atoms with Crippen molar-refractivity contribution in [3.05, 3.63) is 77.6 Å². The maximum atomic E-state index is 12.8. The molecule has 3 heteroatoms. The fourth-order valence-corrected chi connectivity index (χ4v) is 10.0. The van der Waals surface area contributed by atoms with Gasteiger partial charge in [0.15, 0.2) is 5.78 Å². The second kappa shape index (κ2) is 11.3. The summed E-state index contributed by atoms with van der Waals surface area (Å²) in [6.45, 7) is 7.56. The van der Waals surface area contributed by atoms with Crippen molar-refractivity contribution in [3.8, 4) is 0 Å². The van der Waals surface area contributed by atoms with E-state index in [0.717, 1.165) is 43.6 Å². The number of benzene rings is 2. The van der Waals surface area contributed by atoms with Crippen LogP contribution in [0.15, 0.2) is 72.0 Å². The Labute approximate surface area is 177 Å². The highest BCUT2D eigenvalue weighted by Gasteiger charge is 2.50. The standard InChI is InChI=1S/C26H35O2P/c1-5-7-19-29(20-8-6-2,24-17-13-10-14-18-24)26(23-15-11-9-12-16-23)25(21(3)27)22(4)28/h9-18,26H,5-8,19-20H2,1-4H3. The van der Waals surface area contributed by atoms with Crippen LogP contribution in [0, 0.1) is 0 Å². The summed E-state index contributed by atoms with van der Waals surface area (Å²) in [5.74, 6) is -0.167. The van der Waals surface area contributed by atoms with E-state index in [0.29, 0.717) is 5.57 Å². The first-order valence-corrected chi connectivity index (χ1v) is 13.1. The molecule has 0 bridgehead atoms. The van der Waals surface area contributed by atoms with Gasteiger partial charge in [0.1, 0.15) is 5.66 Å². The lowest BCUT2D eigenvalue weighted by Crippen LogP contribution is -2.28. The zero-order valence-corrected chi connectivity index (χ0v) is 19.3. The molecule has 0 spiro atoms. The van der Waals surface area contributed by atoms with Crippen molar-refractivity contribution >= 4 is 18.4 Å². The van der Waals surface area contributed by atoms with E-state index in [2.05, 4.69) is 56.3 Å². The van der Waals surface area contributed by atoms with Crippen LogP contribution in [-0.2, 0) is 4.79 Å². The molecule has 0 amide bonds. The van der Waals surface area contributed by atoms with Gasteiger partial charge in [0, 0.05) is 5.57 Å². The van der Waals surface area contributed by atoms with E-state index in [1.165, 1.54) is 5.30 Å². The fourth-order valence-electron chi connectivity index (χ4n) is 4.35. The third kappa shape index (κ3) is 5.58. The average Bonchev–Trinajstić information content (AvgIpc) is 2.73. The minimum Gasteiger partial charge on any atom is -0.875 e. The maximum Gasteiger partial charge on any atom is 0.159 e. The van der Waals surface area contributed by atoms with Crippen molar-refractivity contribution in [2.45, 2.75) is 59.0 Å². The summed E-state index contributed by atoms with van der Waals surface area (Å²) in [6, 6.07) is 21.0. The molecule has 0 heterocycles. The summed E-state index contributed by atoms with van der Waals surface area (Å²) < 4.78 is 0. The van der Waals surface area contributed by atoms with Crippen molar-refractivity contribution in [1.29, 1.82) is 0 Å². The van der Waals surface area contributed by atoms with Gasteiger partial charge in [-0.2, -0.15) is 0 Å². The van der Waals surface area contributed by atoms with Crippen LogP contribution >= 0.6 is 7.26 Å². The molecule has 2 aromatic carbocycles. The Balaban J connectivity index is 2.84. The summed E-state index contributed by atoms with van der Waals surface area (Å²) in [4.78, 5) is 12.8. The van der Waals surface area contributed by atoms with Crippen molar-refractivity contribution < 1.29 is 9.90 Å². The fraction of sp³-hybridized carbons (Fsp3) is 0.423. The molecule has 0 saturated carbocycles. The van der Waals surface area contributed by atoms with E-state index in [4.69, 9.17) is 0 Å². The lowest BCUT2D eigenvalue weighted by atomic mass is 10.0. The summed E-state index contributed by atoms with van der Waals surface area (Å²) in [5.41, 5.74) is 1.47. The SMILES string of the molecule is CCCC[P+](CCCC)(c1ccccc1)C(/C(C(C)=O)=C(/C)[O-])c1ccccc1. The maximum absolute atomic E-state index is 12.8. The molecule has 1 unspecified atom stereocenters. The van der Waals surface area contributed by atoms with E-state index >= 15 is 0 Å². The third-order valence-corrected chi connectivity index (χ3v) is 10.8. The molecule has 2 aromatic rings. The van der Waals surface area contributed by atoms with Gasteiger partial charge in [-0.05, 0) is 37.5 Å². The predicted molar refractivity (Wildman–Crippen MR) is 125 cm³/mol. The first-order chi connectivity index (χ1) is 14.0. The molecular weight excluding hydrogens is 375 g/mol. The topological polar surface area (TPSA) is 40.1 Å². The largest absolute Gasteiger partial charge is 0.875 e. The summed E-state index contributed by atoms with van der Waals surface area (Å²) in [6.07, 6.45) is 6.57. The number of carbonyl (C=O) groups is 1. The van der Waals surface area contributed by atoms with Crippen LogP contribution < -0.4 is 10.4 Å². The van der Waals surface area contributed by atoms with Gasteiger partial charge >= 0.3 is 0 Å². The smallest absolute Gasteiger partial charge is 0.159 e. The van der Waals surface area contributed by atoms with Gasteiger partial charge in [-0.3, -0.25) is 4.79 Å². The van der Waals surface area contributed by atoms with Crippen LogP contribution in [0.1, 0.15) is 64.6 Å². The van der Waals surface area contributed by atoms with Crippen molar-refractivity contribution in [2.75, 3.05) is 12.3 Å². The molecule has 0 saturated heterocycles. The first kappa shape index (κ1) is 23.4. The normalized spacial score (nSPS) is 13.7. The number of unbranched alkanes of at least 4 members (excludes halogenated alkanes) is 2. The van der Waals surface area contributed by atoms with Crippen molar-refractivity contribution in [1.82, 2.24) is 0 Å². The van der Waals surface area contributed by atoms with E-state index < -0.39 is 7.26 Å². The highest BCUT2D eigenvalue weighted by molar-refractivity contribution is 7.83.